The fourth-order valence-electron chi connectivity index (χ4n) is 0.953. The summed E-state index contributed by atoms with van der Waals surface area (Å²) < 4.78 is 5.40. The Morgan fingerprint density at radius 2 is 2.25 bits per heavy atom. The lowest BCUT2D eigenvalue weighted by atomic mass is 10.0. The Kier molecular flexibility index (Phi) is 2.55. The van der Waals surface area contributed by atoms with Gasteiger partial charge in [-0.1, -0.05) is 6.92 Å². The summed E-state index contributed by atoms with van der Waals surface area (Å²) in [6, 6.07) is 3.70. The van der Waals surface area contributed by atoms with Gasteiger partial charge in [-0.25, -0.2) is 0 Å². The van der Waals surface area contributed by atoms with Crippen molar-refractivity contribution < 1.29 is 9.52 Å². The maximum Gasteiger partial charge on any atom is 0.126 e. The van der Waals surface area contributed by atoms with Crippen LogP contribution in [-0.2, 0) is 12.0 Å². The van der Waals surface area contributed by atoms with Crippen molar-refractivity contribution in [2.75, 3.05) is 6.61 Å². The van der Waals surface area contributed by atoms with Crippen LogP contribution in [0.4, 0.5) is 0 Å². The molecule has 0 saturated carbocycles. The Hall–Kier alpha value is -0.800. The lowest BCUT2D eigenvalue weighted by molar-refractivity contribution is 0.186. The molecule has 1 heterocycles. The number of rotatable bonds is 3. The van der Waals surface area contributed by atoms with Gasteiger partial charge in [0.15, 0.2) is 0 Å². The number of aliphatic hydroxyl groups excluding tert-OH is 1. The largest absolute Gasteiger partial charge is 0.464 e. The molecule has 0 aromatic carbocycles. The molecule has 0 unspecified atom stereocenters. The van der Waals surface area contributed by atoms with Crippen LogP contribution in [0.2, 0.25) is 0 Å². The second-order valence-electron chi connectivity index (χ2n) is 3.20. The van der Waals surface area contributed by atoms with Gasteiger partial charge in [0.05, 0.1) is 12.1 Å². The summed E-state index contributed by atoms with van der Waals surface area (Å²) in [5, 5.41) is 8.94. The first-order chi connectivity index (χ1) is 5.60. The van der Waals surface area contributed by atoms with E-state index in [9.17, 15) is 0 Å². The first-order valence-corrected chi connectivity index (χ1v) is 4.09. The minimum Gasteiger partial charge on any atom is -0.464 e. The third kappa shape index (κ3) is 1.68. The van der Waals surface area contributed by atoms with Crippen molar-refractivity contribution in [2.45, 2.75) is 25.8 Å². The average molecular weight is 169 g/mol. The Morgan fingerprint density at radius 3 is 2.67 bits per heavy atom. The van der Waals surface area contributed by atoms with Crippen LogP contribution in [0.3, 0.4) is 0 Å². The molecule has 3 N–H and O–H groups in total. The van der Waals surface area contributed by atoms with Crippen LogP contribution < -0.4 is 5.73 Å². The van der Waals surface area contributed by atoms with E-state index in [1.165, 1.54) is 0 Å². The highest BCUT2D eigenvalue weighted by molar-refractivity contribution is 5.14. The Morgan fingerprint density at radius 1 is 1.58 bits per heavy atom. The fourth-order valence-corrected chi connectivity index (χ4v) is 0.953. The van der Waals surface area contributed by atoms with Crippen molar-refractivity contribution in [1.82, 2.24) is 0 Å². The fraction of sp³-hybridized carbons (Fsp3) is 0.556. The van der Waals surface area contributed by atoms with Crippen molar-refractivity contribution >= 4 is 0 Å². The average Bonchev–Trinajstić information content (AvgIpc) is 2.52. The molecule has 1 aromatic heterocycles. The monoisotopic (exact) mass is 169 g/mol. The third-order valence-electron chi connectivity index (χ3n) is 1.90. The van der Waals surface area contributed by atoms with Gasteiger partial charge in [-0.15, -0.1) is 0 Å². The highest BCUT2D eigenvalue weighted by Gasteiger charge is 2.23. The second kappa shape index (κ2) is 3.29. The van der Waals surface area contributed by atoms with E-state index in [4.69, 9.17) is 15.3 Å². The van der Waals surface area contributed by atoms with Crippen molar-refractivity contribution in [3.05, 3.63) is 23.7 Å². The predicted molar refractivity (Wildman–Crippen MR) is 46.7 cm³/mol. The lowest BCUT2D eigenvalue weighted by Crippen LogP contribution is -2.36. The van der Waals surface area contributed by atoms with Gasteiger partial charge in [0.2, 0.25) is 0 Å². The number of aliphatic hydroxyl groups is 1. The third-order valence-corrected chi connectivity index (χ3v) is 1.90. The zero-order valence-electron chi connectivity index (χ0n) is 7.50. The van der Waals surface area contributed by atoms with Crippen LogP contribution in [-0.4, -0.2) is 11.7 Å². The van der Waals surface area contributed by atoms with Crippen LogP contribution in [0.15, 0.2) is 16.5 Å². The summed E-state index contributed by atoms with van der Waals surface area (Å²) >= 11 is 0. The van der Waals surface area contributed by atoms with E-state index < -0.39 is 5.54 Å². The molecule has 3 heteroatoms. The molecule has 0 aliphatic heterocycles. The topological polar surface area (TPSA) is 59.4 Å². The van der Waals surface area contributed by atoms with E-state index in [0.29, 0.717) is 5.76 Å². The highest BCUT2D eigenvalue weighted by atomic mass is 16.3. The van der Waals surface area contributed by atoms with Crippen LogP contribution in [0, 0.1) is 0 Å². The van der Waals surface area contributed by atoms with E-state index >= 15 is 0 Å². The Bertz CT molecular complexity index is 253. The number of hydrogen-bond acceptors (Lipinski definition) is 3. The summed E-state index contributed by atoms with van der Waals surface area (Å²) in [6.45, 7) is 3.64. The summed E-state index contributed by atoms with van der Waals surface area (Å²) in [6.07, 6.45) is 0.849. The standard InChI is InChI=1S/C9H15NO2/c1-3-7-4-5-8(12-7)9(2,10)6-11/h4-5,11H,3,6,10H2,1-2H3/t9-/m1/s1. The maximum atomic E-state index is 8.94. The van der Waals surface area contributed by atoms with Gasteiger partial charge in [-0.2, -0.15) is 0 Å². The Balaban J connectivity index is 2.88. The first-order valence-electron chi connectivity index (χ1n) is 4.09. The second-order valence-corrected chi connectivity index (χ2v) is 3.20. The van der Waals surface area contributed by atoms with Crippen molar-refractivity contribution in [1.29, 1.82) is 0 Å². The zero-order valence-corrected chi connectivity index (χ0v) is 7.50. The molecular formula is C9H15NO2. The molecule has 0 fully saturated rings. The molecular weight excluding hydrogens is 154 g/mol. The van der Waals surface area contributed by atoms with Gasteiger partial charge >= 0.3 is 0 Å². The normalized spacial score (nSPS) is 16.0. The molecule has 1 aromatic rings. The number of aryl methyl sites for hydroxylation is 1. The van der Waals surface area contributed by atoms with Gasteiger partial charge in [0.25, 0.3) is 0 Å². The summed E-state index contributed by atoms with van der Waals surface area (Å²) in [5.41, 5.74) is 5.01. The van der Waals surface area contributed by atoms with Crippen molar-refractivity contribution in [3.63, 3.8) is 0 Å². The SMILES string of the molecule is CCc1ccc([C@](C)(N)CO)o1. The van der Waals surface area contributed by atoms with Gasteiger partial charge in [-0.05, 0) is 19.1 Å². The quantitative estimate of drug-likeness (QED) is 0.709. The molecule has 0 bridgehead atoms. The molecule has 0 saturated heterocycles. The van der Waals surface area contributed by atoms with Crippen LogP contribution in [0.25, 0.3) is 0 Å². The van der Waals surface area contributed by atoms with Crippen LogP contribution in [0.5, 0.6) is 0 Å². The molecule has 1 atom stereocenters. The molecule has 12 heavy (non-hydrogen) atoms. The van der Waals surface area contributed by atoms with E-state index in [0.717, 1.165) is 12.2 Å². The van der Waals surface area contributed by atoms with E-state index in [1.54, 1.807) is 6.92 Å². The Labute approximate surface area is 72.2 Å². The van der Waals surface area contributed by atoms with Crippen molar-refractivity contribution in [2.24, 2.45) is 5.73 Å². The lowest BCUT2D eigenvalue weighted by Gasteiger charge is -2.18. The molecule has 0 amide bonds. The summed E-state index contributed by atoms with van der Waals surface area (Å²) in [4.78, 5) is 0. The molecule has 1 rings (SSSR count). The van der Waals surface area contributed by atoms with Crippen molar-refractivity contribution in [3.8, 4) is 0 Å². The summed E-state index contributed by atoms with van der Waals surface area (Å²) in [5.74, 6) is 1.54. The number of nitrogens with two attached hydrogens (primary N) is 1. The molecule has 3 nitrogen and oxygen atoms in total. The van der Waals surface area contributed by atoms with Crippen LogP contribution >= 0.6 is 0 Å². The molecule has 0 radical (unpaired) electrons. The van der Waals surface area contributed by atoms with Gasteiger partial charge in [0.1, 0.15) is 11.5 Å². The van der Waals surface area contributed by atoms with Gasteiger partial charge < -0.3 is 15.3 Å². The molecule has 0 spiro atoms. The van der Waals surface area contributed by atoms with Gasteiger partial charge in [-0.3, -0.25) is 0 Å². The maximum absolute atomic E-state index is 8.94. The zero-order chi connectivity index (χ0) is 9.19. The molecule has 68 valence electrons. The van der Waals surface area contributed by atoms with Crippen LogP contribution in [0.1, 0.15) is 25.4 Å². The minimum absolute atomic E-state index is 0.107. The smallest absolute Gasteiger partial charge is 0.126 e. The highest BCUT2D eigenvalue weighted by Crippen LogP contribution is 2.19. The predicted octanol–water partition coefficient (Wildman–Crippen LogP) is 1.01. The molecule has 0 aliphatic carbocycles. The van der Waals surface area contributed by atoms with E-state index in [2.05, 4.69) is 0 Å². The minimum atomic E-state index is -0.757. The number of furan rings is 1. The first kappa shape index (κ1) is 9.29. The number of hydrogen-bond donors (Lipinski definition) is 2. The van der Waals surface area contributed by atoms with E-state index in [-0.39, 0.29) is 6.61 Å². The van der Waals surface area contributed by atoms with Gasteiger partial charge in [0, 0.05) is 6.42 Å². The summed E-state index contributed by atoms with van der Waals surface area (Å²) in [7, 11) is 0. The van der Waals surface area contributed by atoms with E-state index in [1.807, 2.05) is 19.1 Å². The molecule has 0 aliphatic rings.